The van der Waals surface area contributed by atoms with Gasteiger partial charge in [-0.25, -0.2) is 4.39 Å². The third-order valence-corrected chi connectivity index (χ3v) is 7.39. The zero-order chi connectivity index (χ0) is 29.4. The van der Waals surface area contributed by atoms with Crippen LogP contribution in [0, 0.1) is 24.0 Å². The highest BCUT2D eigenvalue weighted by Crippen LogP contribution is 2.36. The van der Waals surface area contributed by atoms with Gasteiger partial charge in [0.1, 0.15) is 0 Å². The summed E-state index contributed by atoms with van der Waals surface area (Å²) in [7, 11) is 7.43. The van der Waals surface area contributed by atoms with Crippen LogP contribution in [0.25, 0.3) is 22.0 Å². The lowest BCUT2D eigenvalue weighted by Gasteiger charge is -2.21. The molecule has 2 aromatic carbocycles. The molecule has 2 aromatic heterocycles. The quantitative estimate of drug-likeness (QED) is 0.307. The summed E-state index contributed by atoms with van der Waals surface area (Å²) in [5.74, 6) is -2.19. The van der Waals surface area contributed by atoms with Crippen molar-refractivity contribution in [1.82, 2.24) is 19.2 Å². The predicted octanol–water partition coefficient (Wildman–Crippen LogP) is 4.77. The molecule has 0 aliphatic rings. The molecule has 0 unspecified atom stereocenters. The normalized spacial score (nSPS) is 12.1. The van der Waals surface area contributed by atoms with Crippen molar-refractivity contribution < 1.29 is 18.6 Å². The number of fused-ring (bicyclic) bond motifs is 1. The summed E-state index contributed by atoms with van der Waals surface area (Å²) in [6.45, 7) is 6.58. The number of aliphatic hydroxyl groups is 1. The number of aromatic nitrogens is 3. The van der Waals surface area contributed by atoms with E-state index in [2.05, 4.69) is 5.10 Å². The first-order valence-corrected chi connectivity index (χ1v) is 13.3. The summed E-state index contributed by atoms with van der Waals surface area (Å²) in [6.07, 6.45) is 1.02. The molecule has 0 saturated carbocycles. The molecule has 0 aliphatic heterocycles. The molecule has 0 bridgehead atoms. The summed E-state index contributed by atoms with van der Waals surface area (Å²) in [4.78, 5) is 14.5. The second-order valence-corrected chi connectivity index (χ2v) is 11.5. The minimum atomic E-state index is -1.05. The van der Waals surface area contributed by atoms with E-state index < -0.39 is 11.6 Å². The van der Waals surface area contributed by atoms with Crippen LogP contribution in [0.1, 0.15) is 36.4 Å². The van der Waals surface area contributed by atoms with Crippen molar-refractivity contribution in [2.75, 3.05) is 27.3 Å². The molecule has 40 heavy (non-hydrogen) atoms. The zero-order valence-electron chi connectivity index (χ0n) is 24.3. The van der Waals surface area contributed by atoms with Crippen LogP contribution in [0.5, 0.6) is 5.75 Å². The Morgan fingerprint density at radius 1 is 1.10 bits per heavy atom. The van der Waals surface area contributed by atoms with E-state index in [1.54, 1.807) is 28.4 Å². The molecule has 214 valence electrons. The number of hydrogen-bond acceptors (Lipinski definition) is 5. The maximum atomic E-state index is 15.2. The molecular weight excluding hydrogens is 514 g/mol. The first-order chi connectivity index (χ1) is 18.8. The number of rotatable bonds is 10. The number of pyridine rings is 1. The van der Waals surface area contributed by atoms with E-state index in [4.69, 9.17) is 4.74 Å². The summed E-state index contributed by atoms with van der Waals surface area (Å²) < 4.78 is 38.9. The molecule has 9 heteroatoms. The van der Waals surface area contributed by atoms with Crippen LogP contribution >= 0.6 is 0 Å². The predicted molar refractivity (Wildman–Crippen MR) is 154 cm³/mol. The van der Waals surface area contributed by atoms with E-state index in [0.717, 1.165) is 39.5 Å². The van der Waals surface area contributed by atoms with Crippen LogP contribution in [0.4, 0.5) is 8.78 Å². The molecule has 0 amide bonds. The zero-order valence-corrected chi connectivity index (χ0v) is 24.3. The molecule has 0 radical (unpaired) electrons. The Labute approximate surface area is 233 Å². The summed E-state index contributed by atoms with van der Waals surface area (Å²) >= 11 is 0. The number of ether oxygens (including phenoxy) is 1. The Balaban J connectivity index is 1.70. The first-order valence-electron chi connectivity index (χ1n) is 13.3. The van der Waals surface area contributed by atoms with Gasteiger partial charge in [-0.1, -0.05) is 19.9 Å². The summed E-state index contributed by atoms with van der Waals surface area (Å²) in [5.41, 5.74) is 5.02. The van der Waals surface area contributed by atoms with Crippen molar-refractivity contribution in [3.8, 4) is 16.9 Å². The van der Waals surface area contributed by atoms with Gasteiger partial charge in [0.2, 0.25) is 5.82 Å². The lowest BCUT2D eigenvalue weighted by Crippen LogP contribution is -2.21. The van der Waals surface area contributed by atoms with Gasteiger partial charge in [0.05, 0.1) is 17.8 Å². The van der Waals surface area contributed by atoms with Crippen molar-refractivity contribution in [1.29, 1.82) is 0 Å². The van der Waals surface area contributed by atoms with Crippen molar-refractivity contribution in [2.24, 2.45) is 19.5 Å². The van der Waals surface area contributed by atoms with Gasteiger partial charge in [0, 0.05) is 56.4 Å². The van der Waals surface area contributed by atoms with Crippen LogP contribution in [0.3, 0.4) is 0 Å². The van der Waals surface area contributed by atoms with Gasteiger partial charge >= 0.3 is 0 Å². The Hall–Kier alpha value is -3.56. The van der Waals surface area contributed by atoms with Crippen molar-refractivity contribution in [3.05, 3.63) is 80.9 Å². The number of nitrogens with zero attached hydrogens (tertiary/aromatic N) is 4. The smallest absolute Gasteiger partial charge is 0.251 e. The second kappa shape index (κ2) is 11.5. The topological polar surface area (TPSA) is 72.5 Å². The fraction of sp³-hybridized carbons (Fsp3) is 0.419. The molecule has 4 aromatic rings. The number of aliphatic hydroxyl groups excluding tert-OH is 1. The van der Waals surface area contributed by atoms with Gasteiger partial charge in [0.25, 0.3) is 5.56 Å². The fourth-order valence-electron chi connectivity index (χ4n) is 5.02. The average molecular weight is 553 g/mol. The Bertz CT molecular complexity index is 1600. The third-order valence-electron chi connectivity index (χ3n) is 7.39. The Morgan fingerprint density at radius 3 is 2.50 bits per heavy atom. The maximum absolute atomic E-state index is 15.2. The lowest BCUT2D eigenvalue weighted by molar-refractivity contribution is 0.158. The first kappa shape index (κ1) is 29.4. The van der Waals surface area contributed by atoms with Crippen molar-refractivity contribution in [3.63, 3.8) is 0 Å². The van der Waals surface area contributed by atoms with E-state index in [-0.39, 0.29) is 29.9 Å². The minimum absolute atomic E-state index is 0.0204. The molecule has 0 aliphatic carbocycles. The highest BCUT2D eigenvalue weighted by molar-refractivity contribution is 5.88. The molecule has 2 heterocycles. The largest absolute Gasteiger partial charge is 0.489 e. The average Bonchev–Trinajstić information content (AvgIpc) is 3.15. The van der Waals surface area contributed by atoms with Gasteiger partial charge in [-0.05, 0) is 73.8 Å². The molecule has 0 atom stereocenters. The molecule has 0 fully saturated rings. The van der Waals surface area contributed by atoms with Gasteiger partial charge < -0.3 is 19.3 Å². The van der Waals surface area contributed by atoms with Crippen LogP contribution in [-0.4, -0.2) is 51.7 Å². The second-order valence-electron chi connectivity index (χ2n) is 11.5. The standard InChI is InChI=1S/C31H38F2N4O3/c1-19-22(26(34-37(19)7)16-31(2,3)18-38)12-13-40-30-23(9-10-25(32)29(30)33)20-8-11-27-24(14-20)21(17-35(4)5)15-28(39)36(27)6/h8-11,14-15,38H,12-13,16-18H2,1-7H3. The maximum Gasteiger partial charge on any atom is 0.251 e. The van der Waals surface area contributed by atoms with Crippen LogP contribution < -0.4 is 10.3 Å². The van der Waals surface area contributed by atoms with E-state index in [0.29, 0.717) is 30.5 Å². The highest BCUT2D eigenvalue weighted by atomic mass is 19.2. The van der Waals surface area contributed by atoms with Crippen molar-refractivity contribution >= 4 is 10.9 Å². The molecule has 0 saturated heterocycles. The SMILES string of the molecule is Cc1c(CCOc2c(-c3ccc4c(c3)c(CN(C)C)cc(=O)n4C)ccc(F)c2F)c(CC(C)(C)CO)nn1C. The van der Waals surface area contributed by atoms with Crippen LogP contribution in [-0.2, 0) is 33.5 Å². The van der Waals surface area contributed by atoms with E-state index >= 15 is 4.39 Å². The molecule has 4 rings (SSSR count). The highest BCUT2D eigenvalue weighted by Gasteiger charge is 2.24. The van der Waals surface area contributed by atoms with Gasteiger partial charge in [0.15, 0.2) is 11.6 Å². The van der Waals surface area contributed by atoms with Gasteiger partial charge in [-0.15, -0.1) is 0 Å². The lowest BCUT2D eigenvalue weighted by atomic mass is 9.87. The molecule has 1 N–H and O–H groups in total. The number of aryl methyl sites for hydroxylation is 2. The minimum Gasteiger partial charge on any atom is -0.489 e. The number of hydrogen-bond donors (Lipinski definition) is 1. The van der Waals surface area contributed by atoms with E-state index in [9.17, 15) is 14.3 Å². The van der Waals surface area contributed by atoms with Crippen molar-refractivity contribution in [2.45, 2.75) is 40.2 Å². The third kappa shape index (κ3) is 5.95. The Kier molecular flexibility index (Phi) is 8.46. The summed E-state index contributed by atoms with van der Waals surface area (Å²) in [5, 5.41) is 15.2. The summed E-state index contributed by atoms with van der Waals surface area (Å²) in [6, 6.07) is 9.75. The van der Waals surface area contributed by atoms with Crippen LogP contribution in [0.15, 0.2) is 41.2 Å². The van der Waals surface area contributed by atoms with Gasteiger partial charge in [-0.3, -0.25) is 9.48 Å². The fourth-order valence-corrected chi connectivity index (χ4v) is 5.02. The monoisotopic (exact) mass is 552 g/mol. The van der Waals surface area contributed by atoms with E-state index in [1.165, 1.54) is 6.07 Å². The number of benzene rings is 2. The molecule has 7 nitrogen and oxygen atoms in total. The van der Waals surface area contributed by atoms with Crippen LogP contribution in [0.2, 0.25) is 0 Å². The van der Waals surface area contributed by atoms with E-state index in [1.807, 2.05) is 58.9 Å². The number of halogens is 2. The Morgan fingerprint density at radius 2 is 1.82 bits per heavy atom. The molecule has 0 spiro atoms. The molecular formula is C31H38F2N4O3. The van der Waals surface area contributed by atoms with Gasteiger partial charge in [-0.2, -0.15) is 9.49 Å².